The maximum absolute atomic E-state index is 12.6. The standard InChI is InChI=1S/C22H33N3O5/c1-16(2)14-19(22(28)29)24-20(26)9-8-18(17-6-4-3-5-7-17)23-21(27)15-25-10-12-30-13-11-25/h3-7,16,18-19H,8-15H2,1-2H3,(H,23,27)(H,24,26)(H,28,29)/t18-,19?/m0/s1. The molecule has 0 spiro atoms. The van der Waals surface area contributed by atoms with Gasteiger partial charge in [-0.1, -0.05) is 44.2 Å². The molecule has 0 bridgehead atoms. The highest BCUT2D eigenvalue weighted by Crippen LogP contribution is 2.19. The number of benzene rings is 1. The van der Waals surface area contributed by atoms with Crippen molar-refractivity contribution in [3.63, 3.8) is 0 Å². The van der Waals surface area contributed by atoms with E-state index < -0.39 is 12.0 Å². The number of amides is 2. The summed E-state index contributed by atoms with van der Waals surface area (Å²) in [6.45, 7) is 6.80. The number of hydrogen-bond donors (Lipinski definition) is 3. The molecular weight excluding hydrogens is 386 g/mol. The maximum atomic E-state index is 12.6. The number of nitrogens with one attached hydrogen (secondary N) is 2. The van der Waals surface area contributed by atoms with E-state index in [0.29, 0.717) is 26.1 Å². The minimum absolute atomic E-state index is 0.102. The third-order valence-corrected chi connectivity index (χ3v) is 5.01. The van der Waals surface area contributed by atoms with Crippen molar-refractivity contribution in [3.8, 4) is 0 Å². The lowest BCUT2D eigenvalue weighted by Crippen LogP contribution is -2.44. The Kier molecular flexibility index (Phi) is 9.76. The molecule has 1 fully saturated rings. The van der Waals surface area contributed by atoms with Crippen LogP contribution in [-0.2, 0) is 19.1 Å². The summed E-state index contributed by atoms with van der Waals surface area (Å²) >= 11 is 0. The Morgan fingerprint density at radius 3 is 2.33 bits per heavy atom. The SMILES string of the molecule is CC(C)CC(NC(=O)CC[C@H](NC(=O)CN1CCOCC1)c1ccccc1)C(=O)O. The first kappa shape index (κ1) is 23.8. The lowest BCUT2D eigenvalue weighted by Gasteiger charge is -2.27. The van der Waals surface area contributed by atoms with Gasteiger partial charge in [-0.05, 0) is 24.3 Å². The Labute approximate surface area is 178 Å². The van der Waals surface area contributed by atoms with Crippen LogP contribution < -0.4 is 10.6 Å². The fraction of sp³-hybridized carbons (Fsp3) is 0.591. The van der Waals surface area contributed by atoms with Crippen molar-refractivity contribution in [2.45, 2.75) is 45.2 Å². The van der Waals surface area contributed by atoms with Crippen molar-refractivity contribution in [1.29, 1.82) is 0 Å². The van der Waals surface area contributed by atoms with Crippen LogP contribution in [-0.4, -0.2) is 66.7 Å². The highest BCUT2D eigenvalue weighted by Gasteiger charge is 2.23. The number of hydrogen-bond acceptors (Lipinski definition) is 5. The zero-order valence-electron chi connectivity index (χ0n) is 17.8. The number of carbonyl (C=O) groups is 3. The number of carboxylic acid groups (broad SMARTS) is 1. The fourth-order valence-electron chi connectivity index (χ4n) is 3.44. The summed E-state index contributed by atoms with van der Waals surface area (Å²) in [6, 6.07) is 8.28. The predicted molar refractivity (Wildman–Crippen MR) is 113 cm³/mol. The minimum Gasteiger partial charge on any atom is -0.480 e. The Hall–Kier alpha value is -2.45. The average molecular weight is 420 g/mol. The van der Waals surface area contributed by atoms with Crippen LogP contribution in [0.2, 0.25) is 0 Å². The second-order valence-corrected chi connectivity index (χ2v) is 8.05. The number of rotatable bonds is 11. The van der Waals surface area contributed by atoms with Gasteiger partial charge in [-0.2, -0.15) is 0 Å². The lowest BCUT2D eigenvalue weighted by atomic mass is 10.0. The molecule has 1 heterocycles. The molecule has 2 amide bonds. The summed E-state index contributed by atoms with van der Waals surface area (Å²) in [5, 5.41) is 14.9. The summed E-state index contributed by atoms with van der Waals surface area (Å²) < 4.78 is 5.31. The van der Waals surface area contributed by atoms with Gasteiger partial charge < -0.3 is 20.5 Å². The molecule has 0 aliphatic carbocycles. The van der Waals surface area contributed by atoms with Crippen molar-refractivity contribution in [3.05, 3.63) is 35.9 Å². The lowest BCUT2D eigenvalue weighted by molar-refractivity contribution is -0.142. The third-order valence-electron chi connectivity index (χ3n) is 5.01. The molecule has 8 heteroatoms. The van der Waals surface area contributed by atoms with E-state index in [-0.39, 0.29) is 36.7 Å². The molecule has 0 aromatic heterocycles. The highest BCUT2D eigenvalue weighted by molar-refractivity contribution is 5.83. The average Bonchev–Trinajstić information content (AvgIpc) is 2.71. The second kappa shape index (κ2) is 12.3. The summed E-state index contributed by atoms with van der Waals surface area (Å²) in [5.74, 6) is -1.31. The molecule has 0 saturated carbocycles. The Morgan fingerprint density at radius 1 is 1.07 bits per heavy atom. The first-order chi connectivity index (χ1) is 14.3. The molecule has 2 rings (SSSR count). The van der Waals surface area contributed by atoms with Gasteiger partial charge in [0.2, 0.25) is 11.8 Å². The molecule has 1 aliphatic heterocycles. The number of ether oxygens (including phenoxy) is 1. The quantitative estimate of drug-likeness (QED) is 0.503. The van der Waals surface area contributed by atoms with Crippen LogP contribution in [0.25, 0.3) is 0 Å². The van der Waals surface area contributed by atoms with Gasteiger partial charge in [0.05, 0.1) is 25.8 Å². The first-order valence-corrected chi connectivity index (χ1v) is 10.5. The monoisotopic (exact) mass is 419 g/mol. The molecule has 1 saturated heterocycles. The van der Waals surface area contributed by atoms with Gasteiger partial charge in [0, 0.05) is 19.5 Å². The molecule has 8 nitrogen and oxygen atoms in total. The summed E-state index contributed by atoms with van der Waals surface area (Å²) in [5.41, 5.74) is 0.914. The topological polar surface area (TPSA) is 108 Å². The van der Waals surface area contributed by atoms with E-state index in [0.717, 1.165) is 18.7 Å². The Morgan fingerprint density at radius 2 is 1.73 bits per heavy atom. The first-order valence-electron chi connectivity index (χ1n) is 10.5. The van der Waals surface area contributed by atoms with Crippen LogP contribution in [0.1, 0.15) is 44.7 Å². The van der Waals surface area contributed by atoms with E-state index in [9.17, 15) is 19.5 Å². The van der Waals surface area contributed by atoms with Gasteiger partial charge in [-0.3, -0.25) is 14.5 Å². The van der Waals surface area contributed by atoms with Gasteiger partial charge in [-0.15, -0.1) is 0 Å². The third kappa shape index (κ3) is 8.51. The van der Waals surface area contributed by atoms with Crippen LogP contribution in [0.15, 0.2) is 30.3 Å². The molecule has 166 valence electrons. The van der Waals surface area contributed by atoms with Gasteiger partial charge in [0.1, 0.15) is 6.04 Å². The highest BCUT2D eigenvalue weighted by atomic mass is 16.5. The van der Waals surface area contributed by atoms with Gasteiger partial charge in [0.25, 0.3) is 0 Å². The van der Waals surface area contributed by atoms with E-state index in [2.05, 4.69) is 10.6 Å². The number of carboxylic acids is 1. The molecule has 30 heavy (non-hydrogen) atoms. The Bertz CT molecular complexity index is 689. The summed E-state index contributed by atoms with van der Waals surface area (Å²) in [4.78, 5) is 38.3. The van der Waals surface area contributed by atoms with Crippen LogP contribution >= 0.6 is 0 Å². The second-order valence-electron chi connectivity index (χ2n) is 8.05. The molecule has 3 N–H and O–H groups in total. The predicted octanol–water partition coefficient (Wildman–Crippen LogP) is 1.57. The Balaban J connectivity index is 1.93. The molecule has 0 radical (unpaired) electrons. The van der Waals surface area contributed by atoms with Crippen LogP contribution in [0.5, 0.6) is 0 Å². The van der Waals surface area contributed by atoms with Gasteiger partial charge in [0.15, 0.2) is 0 Å². The van der Waals surface area contributed by atoms with Gasteiger partial charge in [-0.25, -0.2) is 4.79 Å². The number of carbonyl (C=O) groups excluding carboxylic acids is 2. The summed E-state index contributed by atoms with van der Waals surface area (Å²) in [6.07, 6.45) is 0.886. The van der Waals surface area contributed by atoms with E-state index in [1.807, 2.05) is 49.1 Å². The molecule has 1 unspecified atom stereocenters. The molecule has 1 aromatic carbocycles. The van der Waals surface area contributed by atoms with E-state index >= 15 is 0 Å². The van der Waals surface area contributed by atoms with Crippen molar-refractivity contribution < 1.29 is 24.2 Å². The minimum atomic E-state index is -1.03. The number of aliphatic carboxylic acids is 1. The zero-order valence-corrected chi connectivity index (χ0v) is 17.8. The summed E-state index contributed by atoms with van der Waals surface area (Å²) in [7, 11) is 0. The van der Waals surface area contributed by atoms with Crippen molar-refractivity contribution in [1.82, 2.24) is 15.5 Å². The fourth-order valence-corrected chi connectivity index (χ4v) is 3.44. The smallest absolute Gasteiger partial charge is 0.326 e. The van der Waals surface area contributed by atoms with Crippen LogP contribution in [0.3, 0.4) is 0 Å². The van der Waals surface area contributed by atoms with Crippen molar-refractivity contribution in [2.75, 3.05) is 32.8 Å². The maximum Gasteiger partial charge on any atom is 0.326 e. The zero-order chi connectivity index (χ0) is 21.9. The normalized spacial score (nSPS) is 16.6. The van der Waals surface area contributed by atoms with E-state index in [1.54, 1.807) is 0 Å². The largest absolute Gasteiger partial charge is 0.480 e. The van der Waals surface area contributed by atoms with E-state index in [4.69, 9.17) is 4.74 Å². The molecule has 2 atom stereocenters. The van der Waals surface area contributed by atoms with Gasteiger partial charge >= 0.3 is 5.97 Å². The van der Waals surface area contributed by atoms with Crippen molar-refractivity contribution in [2.24, 2.45) is 5.92 Å². The van der Waals surface area contributed by atoms with E-state index in [1.165, 1.54) is 0 Å². The number of morpholine rings is 1. The molecular formula is C22H33N3O5. The number of nitrogens with zero attached hydrogens (tertiary/aromatic N) is 1. The van der Waals surface area contributed by atoms with Crippen LogP contribution in [0.4, 0.5) is 0 Å². The van der Waals surface area contributed by atoms with Crippen LogP contribution in [0, 0.1) is 5.92 Å². The molecule has 1 aromatic rings. The molecule has 1 aliphatic rings. The van der Waals surface area contributed by atoms with Crippen molar-refractivity contribution >= 4 is 17.8 Å².